The summed E-state index contributed by atoms with van der Waals surface area (Å²) in [7, 11) is 0. The van der Waals surface area contributed by atoms with Crippen molar-refractivity contribution in [3.63, 3.8) is 0 Å². The molecule has 2 aliphatic heterocycles. The second kappa shape index (κ2) is 7.70. The van der Waals surface area contributed by atoms with E-state index >= 15 is 0 Å². The Bertz CT molecular complexity index is 741. The van der Waals surface area contributed by atoms with Gasteiger partial charge in [0, 0.05) is 50.9 Å². The second-order valence-corrected chi connectivity index (χ2v) is 6.51. The molecule has 0 bridgehead atoms. The van der Waals surface area contributed by atoms with E-state index in [0.29, 0.717) is 13.2 Å². The lowest BCUT2D eigenvalue weighted by atomic mass is 10.1. The van der Waals surface area contributed by atoms with E-state index < -0.39 is 0 Å². The fraction of sp³-hybridized carbons (Fsp3) is 0.421. The van der Waals surface area contributed by atoms with E-state index in [1.165, 1.54) is 0 Å². The fourth-order valence-electron chi connectivity index (χ4n) is 3.30. The van der Waals surface area contributed by atoms with Crippen LogP contribution >= 0.6 is 0 Å². The van der Waals surface area contributed by atoms with Gasteiger partial charge in [0.25, 0.3) is 0 Å². The molecule has 0 N–H and O–H groups in total. The lowest BCUT2D eigenvalue weighted by molar-refractivity contribution is -0.118. The van der Waals surface area contributed by atoms with E-state index in [0.717, 1.165) is 68.7 Å². The maximum absolute atomic E-state index is 11.0. The van der Waals surface area contributed by atoms with Crippen molar-refractivity contribution in [3.8, 4) is 11.3 Å². The van der Waals surface area contributed by atoms with Crippen molar-refractivity contribution in [2.45, 2.75) is 0 Å². The van der Waals surface area contributed by atoms with Crippen molar-refractivity contribution in [3.05, 3.63) is 36.4 Å². The van der Waals surface area contributed by atoms with Crippen LogP contribution in [0.2, 0.25) is 0 Å². The predicted molar refractivity (Wildman–Crippen MR) is 100 cm³/mol. The van der Waals surface area contributed by atoms with Crippen LogP contribution in [0.3, 0.4) is 0 Å². The number of morpholine rings is 1. The van der Waals surface area contributed by atoms with Crippen molar-refractivity contribution < 1.29 is 9.53 Å². The van der Waals surface area contributed by atoms with Gasteiger partial charge in [0.05, 0.1) is 18.9 Å². The molecule has 7 nitrogen and oxygen atoms in total. The number of rotatable bonds is 4. The highest BCUT2D eigenvalue weighted by atomic mass is 16.5. The number of ether oxygens (including phenoxy) is 1. The van der Waals surface area contributed by atoms with Crippen LogP contribution in [-0.4, -0.2) is 73.8 Å². The average molecular weight is 353 g/mol. The number of hydrogen-bond acceptors (Lipinski definition) is 6. The largest absolute Gasteiger partial charge is 0.378 e. The highest BCUT2D eigenvalue weighted by molar-refractivity contribution is 5.65. The van der Waals surface area contributed by atoms with Crippen molar-refractivity contribution in [1.29, 1.82) is 0 Å². The average Bonchev–Trinajstić information content (AvgIpc) is 2.75. The summed E-state index contributed by atoms with van der Waals surface area (Å²) in [6.45, 7) is 6.02. The SMILES string of the molecule is O=CN1CCN(c2cc(-c3ccccc3)nc(N3CCOCC3)n2)CC1. The predicted octanol–water partition coefficient (Wildman–Crippen LogP) is 1.26. The zero-order chi connectivity index (χ0) is 17.8. The number of benzene rings is 1. The minimum atomic E-state index is 0.701. The Morgan fingerprint density at radius 1 is 0.885 bits per heavy atom. The van der Waals surface area contributed by atoms with Gasteiger partial charge in [-0.3, -0.25) is 4.79 Å². The first-order valence-electron chi connectivity index (χ1n) is 9.05. The summed E-state index contributed by atoms with van der Waals surface area (Å²) in [5.41, 5.74) is 2.01. The first kappa shape index (κ1) is 16.8. The van der Waals surface area contributed by atoms with E-state index in [1.807, 2.05) is 18.2 Å². The number of amides is 1. The Morgan fingerprint density at radius 3 is 2.31 bits per heavy atom. The maximum atomic E-state index is 11.0. The minimum absolute atomic E-state index is 0.701. The third-order valence-corrected chi connectivity index (χ3v) is 4.85. The first-order chi connectivity index (χ1) is 12.8. The van der Waals surface area contributed by atoms with E-state index in [1.54, 1.807) is 4.90 Å². The Balaban J connectivity index is 1.67. The molecule has 136 valence electrons. The van der Waals surface area contributed by atoms with Crippen LogP contribution in [0.25, 0.3) is 11.3 Å². The van der Waals surface area contributed by atoms with Crippen LogP contribution in [-0.2, 0) is 9.53 Å². The van der Waals surface area contributed by atoms with Crippen molar-refractivity contribution in [2.24, 2.45) is 0 Å². The van der Waals surface area contributed by atoms with Crippen molar-refractivity contribution in [2.75, 3.05) is 62.3 Å². The summed E-state index contributed by atoms with van der Waals surface area (Å²) in [4.78, 5) is 26.8. The Hall–Kier alpha value is -2.67. The highest BCUT2D eigenvalue weighted by Gasteiger charge is 2.21. The Morgan fingerprint density at radius 2 is 1.62 bits per heavy atom. The number of carbonyl (C=O) groups excluding carboxylic acids is 1. The molecule has 3 heterocycles. The number of carbonyl (C=O) groups is 1. The van der Waals surface area contributed by atoms with Gasteiger partial charge in [0.15, 0.2) is 0 Å². The molecule has 0 aliphatic carbocycles. The minimum Gasteiger partial charge on any atom is -0.378 e. The first-order valence-corrected chi connectivity index (χ1v) is 9.05. The molecule has 0 saturated carbocycles. The molecule has 0 unspecified atom stereocenters. The normalized spacial score (nSPS) is 18.1. The molecule has 1 aromatic carbocycles. The number of nitrogens with zero attached hydrogens (tertiary/aromatic N) is 5. The maximum Gasteiger partial charge on any atom is 0.228 e. The summed E-state index contributed by atoms with van der Waals surface area (Å²) in [6, 6.07) is 12.2. The third kappa shape index (κ3) is 3.62. The van der Waals surface area contributed by atoms with E-state index in [2.05, 4.69) is 28.0 Å². The van der Waals surface area contributed by atoms with E-state index in [4.69, 9.17) is 14.7 Å². The van der Waals surface area contributed by atoms with Crippen LogP contribution in [0.5, 0.6) is 0 Å². The number of hydrogen-bond donors (Lipinski definition) is 0. The van der Waals surface area contributed by atoms with Gasteiger partial charge in [-0.2, -0.15) is 4.98 Å². The summed E-state index contributed by atoms with van der Waals surface area (Å²) in [5.74, 6) is 1.67. The summed E-state index contributed by atoms with van der Waals surface area (Å²) in [6.07, 6.45) is 0.922. The van der Waals surface area contributed by atoms with Gasteiger partial charge in [0.2, 0.25) is 12.4 Å². The molecule has 2 aromatic rings. The second-order valence-electron chi connectivity index (χ2n) is 6.51. The molecule has 2 fully saturated rings. The topological polar surface area (TPSA) is 61.8 Å². The van der Waals surface area contributed by atoms with Crippen LogP contribution < -0.4 is 9.80 Å². The molecule has 26 heavy (non-hydrogen) atoms. The van der Waals surface area contributed by atoms with Gasteiger partial charge >= 0.3 is 0 Å². The molecule has 2 saturated heterocycles. The van der Waals surface area contributed by atoms with Gasteiger partial charge in [-0.25, -0.2) is 4.98 Å². The standard InChI is InChI=1S/C19H23N5O2/c25-15-22-6-8-23(9-7-22)18-14-17(16-4-2-1-3-5-16)20-19(21-18)24-10-12-26-13-11-24/h1-5,14-15H,6-13H2. The van der Waals surface area contributed by atoms with Crippen molar-refractivity contribution >= 4 is 18.2 Å². The molecule has 1 aromatic heterocycles. The number of piperazine rings is 1. The molecule has 4 rings (SSSR count). The van der Waals surface area contributed by atoms with Gasteiger partial charge in [-0.15, -0.1) is 0 Å². The molecule has 2 aliphatic rings. The molecule has 1 amide bonds. The summed E-state index contributed by atoms with van der Waals surface area (Å²) < 4.78 is 5.46. The quantitative estimate of drug-likeness (QED) is 0.771. The Kier molecular flexibility index (Phi) is 4.97. The summed E-state index contributed by atoms with van der Waals surface area (Å²) in [5, 5.41) is 0. The van der Waals surface area contributed by atoms with Gasteiger partial charge in [-0.05, 0) is 0 Å². The van der Waals surface area contributed by atoms with Crippen LogP contribution in [0, 0.1) is 0 Å². The molecule has 7 heteroatoms. The van der Waals surface area contributed by atoms with E-state index in [-0.39, 0.29) is 0 Å². The van der Waals surface area contributed by atoms with Crippen LogP contribution in [0.4, 0.5) is 11.8 Å². The smallest absolute Gasteiger partial charge is 0.228 e. The van der Waals surface area contributed by atoms with Crippen LogP contribution in [0.1, 0.15) is 0 Å². The van der Waals surface area contributed by atoms with Gasteiger partial charge < -0.3 is 19.4 Å². The molecular formula is C19H23N5O2. The molecule has 0 spiro atoms. The highest BCUT2D eigenvalue weighted by Crippen LogP contribution is 2.26. The summed E-state index contributed by atoms with van der Waals surface area (Å²) >= 11 is 0. The number of aromatic nitrogens is 2. The van der Waals surface area contributed by atoms with Crippen molar-refractivity contribution in [1.82, 2.24) is 14.9 Å². The van der Waals surface area contributed by atoms with Crippen LogP contribution in [0.15, 0.2) is 36.4 Å². The van der Waals surface area contributed by atoms with Gasteiger partial charge in [-0.1, -0.05) is 30.3 Å². The lowest BCUT2D eigenvalue weighted by Crippen LogP contribution is -2.46. The molecule has 0 atom stereocenters. The zero-order valence-electron chi connectivity index (χ0n) is 14.8. The third-order valence-electron chi connectivity index (χ3n) is 4.85. The molecule has 0 radical (unpaired) electrons. The molecular weight excluding hydrogens is 330 g/mol. The van der Waals surface area contributed by atoms with Gasteiger partial charge in [0.1, 0.15) is 5.82 Å². The lowest BCUT2D eigenvalue weighted by Gasteiger charge is -2.34. The fourth-order valence-corrected chi connectivity index (χ4v) is 3.30. The number of anilines is 2. The zero-order valence-corrected chi connectivity index (χ0v) is 14.8. The monoisotopic (exact) mass is 353 g/mol. The Labute approximate surface area is 153 Å². The van der Waals surface area contributed by atoms with E-state index in [9.17, 15) is 4.79 Å².